The van der Waals surface area contributed by atoms with E-state index in [4.69, 9.17) is 9.57 Å². The Kier molecular flexibility index (Phi) is 5.73. The molecular formula is C13H26N2O4. The van der Waals surface area contributed by atoms with E-state index in [1.807, 2.05) is 20.8 Å². The van der Waals surface area contributed by atoms with Gasteiger partial charge in [-0.3, -0.25) is 9.63 Å². The van der Waals surface area contributed by atoms with Crippen LogP contribution >= 0.6 is 0 Å². The molecule has 0 aromatic heterocycles. The number of amides is 1. The highest BCUT2D eigenvalue weighted by molar-refractivity contribution is 5.80. The van der Waals surface area contributed by atoms with Crippen molar-refractivity contribution in [3.63, 3.8) is 0 Å². The van der Waals surface area contributed by atoms with E-state index < -0.39 is 18.1 Å². The maximum atomic E-state index is 12.2. The van der Waals surface area contributed by atoms with Gasteiger partial charge in [-0.2, -0.15) is 0 Å². The predicted octanol–water partition coefficient (Wildman–Crippen LogP) is 0.952. The van der Waals surface area contributed by atoms with Crippen LogP contribution in [0, 0.1) is 0 Å². The minimum atomic E-state index is -1.07. The zero-order valence-corrected chi connectivity index (χ0v) is 12.5. The Balaban J connectivity index is 2.74. The largest absolute Gasteiger partial charge is 0.356 e. The maximum Gasteiger partial charge on any atom is 0.263 e. The molecule has 112 valence electrons. The molecule has 1 fully saturated rings. The van der Waals surface area contributed by atoms with Crippen molar-refractivity contribution in [1.29, 1.82) is 0 Å². The monoisotopic (exact) mass is 274 g/mol. The molecule has 1 aliphatic rings. The van der Waals surface area contributed by atoms with E-state index in [0.29, 0.717) is 13.0 Å². The molecule has 0 bridgehead atoms. The number of aliphatic hydroxyl groups is 1. The van der Waals surface area contributed by atoms with Crippen molar-refractivity contribution in [2.45, 2.75) is 58.1 Å². The van der Waals surface area contributed by atoms with Crippen LogP contribution in [-0.2, 0) is 14.4 Å². The molecule has 6 nitrogen and oxygen atoms in total. The number of carbonyl (C=O) groups is 1. The Labute approximate surface area is 115 Å². The van der Waals surface area contributed by atoms with Crippen LogP contribution < -0.4 is 0 Å². The van der Waals surface area contributed by atoms with Crippen molar-refractivity contribution in [2.24, 2.45) is 0 Å². The van der Waals surface area contributed by atoms with E-state index in [0.717, 1.165) is 12.8 Å². The summed E-state index contributed by atoms with van der Waals surface area (Å²) in [6, 6.07) is -0.393. The number of hydrogen-bond donors (Lipinski definition) is 1. The van der Waals surface area contributed by atoms with Gasteiger partial charge in [0.25, 0.3) is 5.91 Å². The van der Waals surface area contributed by atoms with E-state index in [9.17, 15) is 9.90 Å². The van der Waals surface area contributed by atoms with E-state index in [1.54, 1.807) is 11.9 Å². The second kappa shape index (κ2) is 6.65. The van der Waals surface area contributed by atoms with E-state index >= 15 is 0 Å². The molecule has 1 rings (SSSR count). The number of aliphatic hydroxyl groups excluding tert-OH is 1. The lowest BCUT2D eigenvalue weighted by atomic mass is 10.0. The zero-order valence-electron chi connectivity index (χ0n) is 12.5. The Morgan fingerprint density at radius 3 is 2.58 bits per heavy atom. The predicted molar refractivity (Wildman–Crippen MR) is 71.0 cm³/mol. The first-order valence-corrected chi connectivity index (χ1v) is 6.69. The lowest BCUT2D eigenvalue weighted by molar-refractivity contribution is -0.255. The first kappa shape index (κ1) is 16.4. The van der Waals surface area contributed by atoms with Crippen molar-refractivity contribution in [3.8, 4) is 0 Å². The normalized spacial score (nSPS) is 23.2. The molecule has 1 aliphatic heterocycles. The van der Waals surface area contributed by atoms with Crippen molar-refractivity contribution >= 4 is 5.91 Å². The van der Waals surface area contributed by atoms with Gasteiger partial charge in [-0.25, -0.2) is 9.96 Å². The first-order chi connectivity index (χ1) is 8.76. The smallest absolute Gasteiger partial charge is 0.263 e. The van der Waals surface area contributed by atoms with Gasteiger partial charge in [0.15, 0.2) is 0 Å². The highest BCUT2D eigenvalue weighted by atomic mass is 16.7. The summed E-state index contributed by atoms with van der Waals surface area (Å²) in [5, 5.41) is 11.4. The minimum absolute atomic E-state index is 0.154. The van der Waals surface area contributed by atoms with Crippen LogP contribution in [0.25, 0.3) is 0 Å². The van der Waals surface area contributed by atoms with Gasteiger partial charge in [0.2, 0.25) is 6.41 Å². The van der Waals surface area contributed by atoms with Gasteiger partial charge < -0.3 is 9.84 Å². The third-order valence-corrected chi connectivity index (χ3v) is 3.16. The number of likely N-dealkylation sites (N-methyl/N-ethyl adjacent to an activating group) is 1. The molecule has 0 spiro atoms. The third kappa shape index (κ3) is 4.72. The van der Waals surface area contributed by atoms with E-state index in [1.165, 1.54) is 12.2 Å². The summed E-state index contributed by atoms with van der Waals surface area (Å²) in [5.74, 6) is -0.154. The number of ether oxygens (including phenoxy) is 1. The number of nitrogens with zero attached hydrogens (tertiary/aromatic N) is 2. The van der Waals surface area contributed by atoms with Crippen LogP contribution in [0.4, 0.5) is 0 Å². The van der Waals surface area contributed by atoms with Gasteiger partial charge in [-0.15, -0.1) is 0 Å². The summed E-state index contributed by atoms with van der Waals surface area (Å²) < 4.78 is 5.54. The summed E-state index contributed by atoms with van der Waals surface area (Å²) in [4.78, 5) is 18.8. The number of carbonyl (C=O) groups excluding carboxylic acids is 1. The molecular weight excluding hydrogens is 248 g/mol. The van der Waals surface area contributed by atoms with Crippen molar-refractivity contribution < 1.29 is 19.5 Å². The fourth-order valence-electron chi connectivity index (χ4n) is 2.17. The molecule has 0 saturated carbocycles. The van der Waals surface area contributed by atoms with Crippen molar-refractivity contribution in [3.05, 3.63) is 0 Å². The highest BCUT2D eigenvalue weighted by Gasteiger charge is 2.36. The second-order valence-corrected chi connectivity index (χ2v) is 5.82. The van der Waals surface area contributed by atoms with Gasteiger partial charge >= 0.3 is 0 Å². The topological polar surface area (TPSA) is 62.2 Å². The van der Waals surface area contributed by atoms with Crippen molar-refractivity contribution in [2.75, 3.05) is 20.7 Å². The average molecular weight is 274 g/mol. The van der Waals surface area contributed by atoms with Crippen LogP contribution in [0.1, 0.15) is 40.0 Å². The Morgan fingerprint density at radius 2 is 2.05 bits per heavy atom. The SMILES string of the molecule is CON(C)C(=O)[C@@H]1CCCCN1C(O)OC(C)(C)C. The van der Waals surface area contributed by atoms with Crippen LogP contribution in [0.2, 0.25) is 0 Å². The van der Waals surface area contributed by atoms with Crippen LogP contribution in [0.3, 0.4) is 0 Å². The highest BCUT2D eigenvalue weighted by Crippen LogP contribution is 2.23. The molecule has 2 atom stereocenters. The number of hydrogen-bond acceptors (Lipinski definition) is 5. The molecule has 0 aromatic rings. The molecule has 1 amide bonds. The molecule has 1 heterocycles. The summed E-state index contributed by atoms with van der Waals surface area (Å²) >= 11 is 0. The fraction of sp³-hybridized carbons (Fsp3) is 0.923. The van der Waals surface area contributed by atoms with Gasteiger partial charge in [0.1, 0.15) is 0 Å². The lowest BCUT2D eigenvalue weighted by Crippen LogP contribution is -2.55. The third-order valence-electron chi connectivity index (χ3n) is 3.16. The van der Waals surface area contributed by atoms with Crippen molar-refractivity contribution in [1.82, 2.24) is 9.96 Å². The summed E-state index contributed by atoms with van der Waals surface area (Å²) in [6.45, 7) is 6.26. The van der Waals surface area contributed by atoms with Gasteiger partial charge in [0, 0.05) is 13.6 Å². The summed E-state index contributed by atoms with van der Waals surface area (Å²) in [6.07, 6.45) is 1.55. The van der Waals surface area contributed by atoms with Crippen LogP contribution in [-0.4, -0.2) is 59.7 Å². The lowest BCUT2D eigenvalue weighted by Gasteiger charge is -2.40. The Morgan fingerprint density at radius 1 is 1.42 bits per heavy atom. The number of hydroxylamine groups is 2. The number of likely N-dealkylation sites (tertiary alicyclic amines) is 1. The summed E-state index contributed by atoms with van der Waals surface area (Å²) in [5.41, 5.74) is -0.461. The molecule has 0 aliphatic carbocycles. The zero-order chi connectivity index (χ0) is 14.6. The molecule has 1 saturated heterocycles. The molecule has 0 aromatic carbocycles. The summed E-state index contributed by atoms with van der Waals surface area (Å²) in [7, 11) is 3.03. The Hall–Kier alpha value is -0.690. The first-order valence-electron chi connectivity index (χ1n) is 6.69. The minimum Gasteiger partial charge on any atom is -0.356 e. The number of rotatable bonds is 4. The molecule has 0 radical (unpaired) electrons. The number of piperidine rings is 1. The Bertz CT molecular complexity index is 304. The quantitative estimate of drug-likeness (QED) is 0.611. The van der Waals surface area contributed by atoms with Crippen LogP contribution in [0.15, 0.2) is 0 Å². The molecule has 6 heteroatoms. The van der Waals surface area contributed by atoms with E-state index in [2.05, 4.69) is 0 Å². The van der Waals surface area contributed by atoms with Gasteiger partial charge in [-0.05, 0) is 33.6 Å². The molecule has 1 unspecified atom stereocenters. The fourth-order valence-corrected chi connectivity index (χ4v) is 2.17. The average Bonchev–Trinajstić information content (AvgIpc) is 2.35. The maximum absolute atomic E-state index is 12.2. The standard InChI is InChI=1S/C13H26N2O4/c1-13(2,3)19-12(17)15-9-7-6-8-10(15)11(16)14(4)18-5/h10,12,17H,6-9H2,1-5H3/t10-,12?/m0/s1. The molecule has 19 heavy (non-hydrogen) atoms. The van der Waals surface area contributed by atoms with Gasteiger partial charge in [-0.1, -0.05) is 6.42 Å². The molecule has 1 N–H and O–H groups in total. The second-order valence-electron chi connectivity index (χ2n) is 5.82. The van der Waals surface area contributed by atoms with E-state index in [-0.39, 0.29) is 5.91 Å². The van der Waals surface area contributed by atoms with Gasteiger partial charge in [0.05, 0.1) is 18.8 Å². The van der Waals surface area contributed by atoms with Crippen LogP contribution in [0.5, 0.6) is 0 Å².